The average molecular weight is 408 g/mol. The number of amides is 1. The van der Waals surface area contributed by atoms with Crippen LogP contribution in [0.25, 0.3) is 17.3 Å². The van der Waals surface area contributed by atoms with Crippen LogP contribution in [0.4, 0.5) is 5.82 Å². The Labute approximate surface area is 172 Å². The summed E-state index contributed by atoms with van der Waals surface area (Å²) in [6, 6.07) is 14.2. The van der Waals surface area contributed by atoms with E-state index in [0.29, 0.717) is 22.5 Å². The smallest absolute Gasteiger partial charge is 0.292 e. The normalized spacial score (nSPS) is 10.9. The van der Waals surface area contributed by atoms with E-state index in [-0.39, 0.29) is 5.76 Å². The van der Waals surface area contributed by atoms with E-state index in [2.05, 4.69) is 20.4 Å². The van der Waals surface area contributed by atoms with Crippen molar-refractivity contribution in [3.05, 3.63) is 76.4 Å². The lowest BCUT2D eigenvalue weighted by molar-refractivity contribution is 0.0996. The van der Waals surface area contributed by atoms with E-state index in [4.69, 9.17) is 16.0 Å². The SMILES string of the molecule is Cc1cc(C)nc(-n2nc(C)cc2NC(=O)c2ccc(-c3ccccc3Cl)o2)n1. The molecule has 1 amide bonds. The Hall–Kier alpha value is -3.45. The fraction of sp³-hybridized carbons (Fsp3) is 0.143. The number of carbonyl (C=O) groups excluding carboxylic acids is 1. The van der Waals surface area contributed by atoms with Crippen molar-refractivity contribution < 1.29 is 9.21 Å². The number of aromatic nitrogens is 4. The summed E-state index contributed by atoms with van der Waals surface area (Å²) < 4.78 is 7.22. The molecule has 0 aliphatic rings. The number of hydrogen-bond donors (Lipinski definition) is 1. The van der Waals surface area contributed by atoms with E-state index in [0.717, 1.165) is 22.6 Å². The van der Waals surface area contributed by atoms with E-state index >= 15 is 0 Å². The van der Waals surface area contributed by atoms with Crippen LogP contribution < -0.4 is 5.32 Å². The van der Waals surface area contributed by atoms with Crippen molar-refractivity contribution in [2.75, 3.05) is 5.32 Å². The van der Waals surface area contributed by atoms with Gasteiger partial charge in [-0.3, -0.25) is 4.79 Å². The van der Waals surface area contributed by atoms with Gasteiger partial charge in [0.2, 0.25) is 0 Å². The maximum atomic E-state index is 12.8. The molecule has 0 saturated carbocycles. The van der Waals surface area contributed by atoms with Crippen molar-refractivity contribution in [2.45, 2.75) is 20.8 Å². The molecule has 0 fully saturated rings. The number of aryl methyl sites for hydroxylation is 3. The number of nitrogens with zero attached hydrogens (tertiary/aromatic N) is 4. The second-order valence-corrected chi connectivity index (χ2v) is 7.04. The maximum Gasteiger partial charge on any atom is 0.292 e. The number of carbonyl (C=O) groups is 1. The largest absolute Gasteiger partial charge is 0.451 e. The Morgan fingerprint density at radius 1 is 1.00 bits per heavy atom. The van der Waals surface area contributed by atoms with Crippen LogP contribution in [0.5, 0.6) is 0 Å². The summed E-state index contributed by atoms with van der Waals surface area (Å²) in [4.78, 5) is 21.6. The number of furan rings is 1. The molecule has 0 aliphatic heterocycles. The topological polar surface area (TPSA) is 85.8 Å². The lowest BCUT2D eigenvalue weighted by Crippen LogP contribution is -2.16. The van der Waals surface area contributed by atoms with Crippen LogP contribution in [0.1, 0.15) is 27.6 Å². The van der Waals surface area contributed by atoms with Crippen molar-refractivity contribution in [3.63, 3.8) is 0 Å². The zero-order valence-corrected chi connectivity index (χ0v) is 16.9. The zero-order valence-electron chi connectivity index (χ0n) is 16.1. The minimum Gasteiger partial charge on any atom is -0.451 e. The van der Waals surface area contributed by atoms with E-state index in [1.807, 2.05) is 45.0 Å². The van der Waals surface area contributed by atoms with Gasteiger partial charge in [0.05, 0.1) is 10.7 Å². The molecule has 0 bridgehead atoms. The van der Waals surface area contributed by atoms with Crippen molar-refractivity contribution in [3.8, 4) is 17.3 Å². The first-order valence-corrected chi connectivity index (χ1v) is 9.34. The molecule has 1 N–H and O–H groups in total. The molecule has 3 aromatic heterocycles. The fourth-order valence-corrected chi connectivity index (χ4v) is 3.22. The molecule has 8 heteroatoms. The van der Waals surface area contributed by atoms with Gasteiger partial charge in [0, 0.05) is 23.0 Å². The fourth-order valence-electron chi connectivity index (χ4n) is 2.99. The lowest BCUT2D eigenvalue weighted by Gasteiger charge is -2.08. The third-order valence-corrected chi connectivity index (χ3v) is 4.53. The van der Waals surface area contributed by atoms with Crippen molar-refractivity contribution in [1.29, 1.82) is 0 Å². The van der Waals surface area contributed by atoms with Crippen LogP contribution in [-0.4, -0.2) is 25.7 Å². The van der Waals surface area contributed by atoms with E-state index in [1.165, 1.54) is 4.68 Å². The quantitative estimate of drug-likeness (QED) is 0.527. The summed E-state index contributed by atoms with van der Waals surface area (Å²) in [7, 11) is 0. The number of benzene rings is 1. The molecule has 3 heterocycles. The van der Waals surface area contributed by atoms with E-state index < -0.39 is 5.91 Å². The Balaban J connectivity index is 1.62. The zero-order chi connectivity index (χ0) is 20.5. The summed E-state index contributed by atoms with van der Waals surface area (Å²) in [5, 5.41) is 7.77. The molecule has 146 valence electrons. The first kappa shape index (κ1) is 18.9. The standard InChI is InChI=1S/C21H18ClN5O2/c1-12-10-13(2)24-21(23-12)27-19(11-14(3)26-27)25-20(28)18-9-8-17(29-18)15-6-4-5-7-16(15)22/h4-11H,1-3H3,(H,25,28). The first-order chi connectivity index (χ1) is 13.9. The number of anilines is 1. The Morgan fingerprint density at radius 2 is 1.72 bits per heavy atom. The number of halogens is 1. The first-order valence-electron chi connectivity index (χ1n) is 8.96. The van der Waals surface area contributed by atoms with Gasteiger partial charge in [-0.05, 0) is 51.1 Å². The molecule has 0 spiro atoms. The summed E-state index contributed by atoms with van der Waals surface area (Å²) >= 11 is 6.21. The summed E-state index contributed by atoms with van der Waals surface area (Å²) in [5.41, 5.74) is 3.07. The second-order valence-electron chi connectivity index (χ2n) is 6.63. The third-order valence-electron chi connectivity index (χ3n) is 4.20. The highest BCUT2D eigenvalue weighted by molar-refractivity contribution is 6.33. The number of hydrogen-bond acceptors (Lipinski definition) is 5. The highest BCUT2D eigenvalue weighted by Gasteiger charge is 2.18. The van der Waals surface area contributed by atoms with E-state index in [9.17, 15) is 4.79 Å². The van der Waals surface area contributed by atoms with Crippen molar-refractivity contribution >= 4 is 23.3 Å². The van der Waals surface area contributed by atoms with E-state index in [1.54, 1.807) is 24.3 Å². The van der Waals surface area contributed by atoms with Crippen molar-refractivity contribution in [2.24, 2.45) is 0 Å². The van der Waals surface area contributed by atoms with Gasteiger partial charge < -0.3 is 9.73 Å². The number of nitrogens with one attached hydrogen (secondary N) is 1. The molecule has 29 heavy (non-hydrogen) atoms. The molecule has 0 unspecified atom stereocenters. The minimum atomic E-state index is -0.408. The molecule has 4 rings (SSSR count). The van der Waals surface area contributed by atoms with Gasteiger partial charge in [0.25, 0.3) is 11.9 Å². The van der Waals surface area contributed by atoms with Gasteiger partial charge in [-0.1, -0.05) is 23.7 Å². The van der Waals surface area contributed by atoms with Gasteiger partial charge in [-0.15, -0.1) is 0 Å². The highest BCUT2D eigenvalue weighted by Crippen LogP contribution is 2.29. The third kappa shape index (κ3) is 3.90. The van der Waals surface area contributed by atoms with Crippen molar-refractivity contribution in [1.82, 2.24) is 19.7 Å². The Bertz CT molecular complexity index is 1190. The molecular weight excluding hydrogens is 390 g/mol. The molecule has 0 aliphatic carbocycles. The maximum absolute atomic E-state index is 12.8. The van der Waals surface area contributed by atoms with Crippen LogP contribution in [0.3, 0.4) is 0 Å². The molecule has 1 aromatic carbocycles. The lowest BCUT2D eigenvalue weighted by atomic mass is 10.2. The van der Waals surface area contributed by atoms with Gasteiger partial charge >= 0.3 is 0 Å². The Kier molecular flexibility index (Phi) is 4.90. The van der Waals surface area contributed by atoms with Gasteiger partial charge in [-0.25, -0.2) is 9.97 Å². The van der Waals surface area contributed by atoms with Crippen LogP contribution in [0, 0.1) is 20.8 Å². The summed E-state index contributed by atoms with van der Waals surface area (Å²) in [5.74, 6) is 1.11. The van der Waals surface area contributed by atoms with Crippen LogP contribution >= 0.6 is 11.6 Å². The molecule has 0 atom stereocenters. The molecular formula is C21H18ClN5O2. The second kappa shape index (κ2) is 7.52. The predicted molar refractivity (Wildman–Crippen MR) is 110 cm³/mol. The minimum absolute atomic E-state index is 0.159. The summed E-state index contributed by atoms with van der Waals surface area (Å²) in [6.45, 7) is 5.59. The van der Waals surface area contributed by atoms with Crippen LogP contribution in [-0.2, 0) is 0 Å². The monoisotopic (exact) mass is 407 g/mol. The molecule has 7 nitrogen and oxygen atoms in total. The van der Waals surface area contributed by atoms with Gasteiger partial charge in [0.15, 0.2) is 5.76 Å². The average Bonchev–Trinajstić information content (AvgIpc) is 3.28. The van der Waals surface area contributed by atoms with Gasteiger partial charge in [0.1, 0.15) is 11.6 Å². The van der Waals surface area contributed by atoms with Crippen LogP contribution in [0.15, 0.2) is 52.9 Å². The van der Waals surface area contributed by atoms with Crippen LogP contribution in [0.2, 0.25) is 5.02 Å². The summed E-state index contributed by atoms with van der Waals surface area (Å²) in [6.07, 6.45) is 0. The highest BCUT2D eigenvalue weighted by atomic mass is 35.5. The molecule has 4 aromatic rings. The molecule has 0 radical (unpaired) electrons. The Morgan fingerprint density at radius 3 is 2.45 bits per heavy atom. The molecule has 0 saturated heterocycles. The van der Waals surface area contributed by atoms with Gasteiger partial charge in [-0.2, -0.15) is 9.78 Å². The number of rotatable bonds is 4. The predicted octanol–water partition coefficient (Wildman–Crippen LogP) is 4.75.